The standard InChI is InChI=1S/C13H19NO2S/c1-2-3-4-8-16-13(15)12-10-6-9-17-11(10)5-7-14-12/h6,9,12,14H,2-5,7-8H2,1H3. The highest BCUT2D eigenvalue weighted by atomic mass is 32.1. The van der Waals surface area contributed by atoms with Crippen LogP contribution in [0.25, 0.3) is 0 Å². The van der Waals surface area contributed by atoms with Crippen LogP contribution in [-0.4, -0.2) is 19.1 Å². The molecule has 1 atom stereocenters. The minimum atomic E-state index is -0.244. The van der Waals surface area contributed by atoms with E-state index in [1.807, 2.05) is 6.07 Å². The lowest BCUT2D eigenvalue weighted by Crippen LogP contribution is -2.35. The number of unbranched alkanes of at least 4 members (excludes halogenated alkanes) is 2. The number of hydrogen-bond acceptors (Lipinski definition) is 4. The van der Waals surface area contributed by atoms with Crippen molar-refractivity contribution in [2.24, 2.45) is 0 Å². The van der Waals surface area contributed by atoms with Crippen LogP contribution >= 0.6 is 11.3 Å². The van der Waals surface area contributed by atoms with E-state index >= 15 is 0 Å². The van der Waals surface area contributed by atoms with Crippen molar-refractivity contribution >= 4 is 17.3 Å². The van der Waals surface area contributed by atoms with Gasteiger partial charge in [0.25, 0.3) is 0 Å². The number of carbonyl (C=O) groups is 1. The van der Waals surface area contributed by atoms with E-state index in [0.29, 0.717) is 6.61 Å². The first-order valence-electron chi connectivity index (χ1n) is 6.29. The number of esters is 1. The number of fused-ring (bicyclic) bond motifs is 1. The Morgan fingerprint density at radius 1 is 1.59 bits per heavy atom. The van der Waals surface area contributed by atoms with E-state index in [1.165, 1.54) is 4.88 Å². The molecule has 1 aliphatic heterocycles. The Hall–Kier alpha value is -0.870. The van der Waals surface area contributed by atoms with Gasteiger partial charge in [0.1, 0.15) is 6.04 Å². The Bertz CT molecular complexity index is 375. The molecule has 4 heteroatoms. The highest BCUT2D eigenvalue weighted by molar-refractivity contribution is 7.10. The van der Waals surface area contributed by atoms with Gasteiger partial charge in [-0.3, -0.25) is 0 Å². The summed E-state index contributed by atoms with van der Waals surface area (Å²) in [5, 5.41) is 5.28. The van der Waals surface area contributed by atoms with Crippen molar-refractivity contribution in [1.82, 2.24) is 5.32 Å². The second kappa shape index (κ2) is 6.17. The van der Waals surface area contributed by atoms with Gasteiger partial charge in [0, 0.05) is 11.4 Å². The number of nitrogens with one attached hydrogen (secondary N) is 1. The number of carbonyl (C=O) groups excluding carboxylic acids is 1. The molecule has 0 saturated carbocycles. The topological polar surface area (TPSA) is 38.3 Å². The van der Waals surface area contributed by atoms with E-state index in [0.717, 1.165) is 37.8 Å². The predicted octanol–water partition coefficient (Wildman–Crippen LogP) is 2.67. The third-order valence-corrected chi connectivity index (χ3v) is 4.02. The van der Waals surface area contributed by atoms with Crippen LogP contribution in [0.5, 0.6) is 0 Å². The molecule has 17 heavy (non-hydrogen) atoms. The summed E-state index contributed by atoms with van der Waals surface area (Å²) in [5.74, 6) is -0.125. The molecule has 1 aromatic rings. The van der Waals surface area contributed by atoms with Crippen LogP contribution in [0, 0.1) is 0 Å². The van der Waals surface area contributed by atoms with E-state index in [9.17, 15) is 4.79 Å². The van der Waals surface area contributed by atoms with E-state index in [4.69, 9.17) is 4.74 Å². The molecule has 0 fully saturated rings. The monoisotopic (exact) mass is 253 g/mol. The molecule has 0 aliphatic carbocycles. The lowest BCUT2D eigenvalue weighted by atomic mass is 10.0. The Kier molecular flexibility index (Phi) is 4.57. The third-order valence-electron chi connectivity index (χ3n) is 3.02. The molecule has 1 N–H and O–H groups in total. The zero-order chi connectivity index (χ0) is 12.1. The van der Waals surface area contributed by atoms with Gasteiger partial charge in [0.05, 0.1) is 6.61 Å². The summed E-state index contributed by atoms with van der Waals surface area (Å²) in [6.45, 7) is 3.55. The molecule has 94 valence electrons. The number of rotatable bonds is 5. The summed E-state index contributed by atoms with van der Waals surface area (Å²) in [6.07, 6.45) is 4.25. The fourth-order valence-corrected chi connectivity index (χ4v) is 2.99. The molecule has 1 aromatic heterocycles. The van der Waals surface area contributed by atoms with Crippen molar-refractivity contribution in [2.75, 3.05) is 13.2 Å². The Labute approximate surface area is 106 Å². The highest BCUT2D eigenvalue weighted by Gasteiger charge is 2.27. The van der Waals surface area contributed by atoms with Gasteiger partial charge in [-0.05, 0) is 29.9 Å². The first-order chi connectivity index (χ1) is 8.33. The highest BCUT2D eigenvalue weighted by Crippen LogP contribution is 2.28. The van der Waals surface area contributed by atoms with Gasteiger partial charge in [-0.15, -0.1) is 11.3 Å². The van der Waals surface area contributed by atoms with Gasteiger partial charge in [-0.25, -0.2) is 4.79 Å². The SMILES string of the molecule is CCCCCOC(=O)C1NCCc2sccc21. The summed E-state index contributed by atoms with van der Waals surface area (Å²) in [5.41, 5.74) is 1.11. The van der Waals surface area contributed by atoms with E-state index < -0.39 is 0 Å². The number of ether oxygens (including phenoxy) is 1. The molecule has 2 rings (SSSR count). The zero-order valence-electron chi connectivity index (χ0n) is 10.2. The smallest absolute Gasteiger partial charge is 0.327 e. The molecule has 0 bridgehead atoms. The first kappa shape index (κ1) is 12.6. The summed E-state index contributed by atoms with van der Waals surface area (Å²) >= 11 is 1.73. The Morgan fingerprint density at radius 3 is 3.29 bits per heavy atom. The maximum Gasteiger partial charge on any atom is 0.327 e. The maximum atomic E-state index is 11.9. The molecule has 0 spiro atoms. The minimum absolute atomic E-state index is 0.125. The second-order valence-electron chi connectivity index (χ2n) is 4.31. The second-order valence-corrected chi connectivity index (χ2v) is 5.31. The molecular weight excluding hydrogens is 234 g/mol. The van der Waals surface area contributed by atoms with Crippen molar-refractivity contribution in [2.45, 2.75) is 38.6 Å². The summed E-state index contributed by atoms with van der Waals surface area (Å²) < 4.78 is 5.31. The summed E-state index contributed by atoms with van der Waals surface area (Å²) in [6, 6.07) is 1.79. The van der Waals surface area contributed by atoms with E-state index in [-0.39, 0.29) is 12.0 Å². The van der Waals surface area contributed by atoms with E-state index in [2.05, 4.69) is 17.6 Å². The zero-order valence-corrected chi connectivity index (χ0v) is 11.0. The Balaban J connectivity index is 1.89. The van der Waals surface area contributed by atoms with Crippen molar-refractivity contribution in [1.29, 1.82) is 0 Å². The van der Waals surface area contributed by atoms with Gasteiger partial charge < -0.3 is 10.1 Å². The van der Waals surface area contributed by atoms with Gasteiger partial charge >= 0.3 is 5.97 Å². The third kappa shape index (κ3) is 3.07. The van der Waals surface area contributed by atoms with Crippen molar-refractivity contribution in [3.8, 4) is 0 Å². The van der Waals surface area contributed by atoms with Crippen LogP contribution in [0.2, 0.25) is 0 Å². The van der Waals surface area contributed by atoms with Crippen LogP contribution in [0.3, 0.4) is 0 Å². The maximum absolute atomic E-state index is 11.9. The molecule has 3 nitrogen and oxygen atoms in total. The van der Waals surface area contributed by atoms with Crippen molar-refractivity contribution in [3.05, 3.63) is 21.9 Å². The predicted molar refractivity (Wildman–Crippen MR) is 69.3 cm³/mol. The fourth-order valence-electron chi connectivity index (χ4n) is 2.07. The molecule has 0 radical (unpaired) electrons. The lowest BCUT2D eigenvalue weighted by Gasteiger charge is -2.22. The average molecular weight is 253 g/mol. The van der Waals surface area contributed by atoms with Crippen molar-refractivity contribution < 1.29 is 9.53 Å². The molecule has 0 saturated heterocycles. The van der Waals surface area contributed by atoms with Gasteiger partial charge in [0.2, 0.25) is 0 Å². The van der Waals surface area contributed by atoms with Gasteiger partial charge in [-0.2, -0.15) is 0 Å². The van der Waals surface area contributed by atoms with E-state index in [1.54, 1.807) is 11.3 Å². The summed E-state index contributed by atoms with van der Waals surface area (Å²) in [7, 11) is 0. The van der Waals surface area contributed by atoms with Crippen LogP contribution in [0.4, 0.5) is 0 Å². The first-order valence-corrected chi connectivity index (χ1v) is 7.17. The van der Waals surface area contributed by atoms with Crippen LogP contribution in [0.15, 0.2) is 11.4 Å². The molecule has 1 aliphatic rings. The van der Waals surface area contributed by atoms with Gasteiger partial charge in [0.15, 0.2) is 0 Å². The van der Waals surface area contributed by atoms with Crippen LogP contribution < -0.4 is 5.32 Å². The average Bonchev–Trinajstić information content (AvgIpc) is 2.82. The molecule has 0 amide bonds. The lowest BCUT2D eigenvalue weighted by molar-refractivity contribution is -0.146. The summed E-state index contributed by atoms with van der Waals surface area (Å²) in [4.78, 5) is 13.3. The van der Waals surface area contributed by atoms with Crippen LogP contribution in [-0.2, 0) is 16.0 Å². The Morgan fingerprint density at radius 2 is 2.47 bits per heavy atom. The van der Waals surface area contributed by atoms with Crippen LogP contribution in [0.1, 0.15) is 42.7 Å². The molecule has 0 aromatic carbocycles. The molecule has 1 unspecified atom stereocenters. The molecular formula is C13H19NO2S. The quantitative estimate of drug-likeness (QED) is 0.647. The fraction of sp³-hybridized carbons (Fsp3) is 0.615. The number of thiophene rings is 1. The van der Waals surface area contributed by atoms with Gasteiger partial charge in [-0.1, -0.05) is 19.8 Å². The number of hydrogen-bond donors (Lipinski definition) is 1. The minimum Gasteiger partial charge on any atom is -0.464 e. The van der Waals surface area contributed by atoms with Crippen molar-refractivity contribution in [3.63, 3.8) is 0 Å². The largest absolute Gasteiger partial charge is 0.464 e. The normalized spacial score (nSPS) is 18.8. The molecule has 2 heterocycles.